The van der Waals surface area contributed by atoms with Gasteiger partial charge in [-0.3, -0.25) is 14.3 Å². The van der Waals surface area contributed by atoms with Crippen LogP contribution in [0.3, 0.4) is 0 Å². The first-order valence-electron chi connectivity index (χ1n) is 8.77. The maximum Gasteiger partial charge on any atom is 0.235 e. The van der Waals surface area contributed by atoms with Gasteiger partial charge >= 0.3 is 0 Å². The molecule has 2 N–H and O–H groups in total. The van der Waals surface area contributed by atoms with Crippen molar-refractivity contribution < 1.29 is 9.18 Å². The highest BCUT2D eigenvalue weighted by Crippen LogP contribution is 2.36. The number of hydrogen-bond donors (Lipinski definition) is 1. The molecular weight excluding hydrogens is 377 g/mol. The summed E-state index contributed by atoms with van der Waals surface area (Å²) in [5.74, 6) is -0.102. The van der Waals surface area contributed by atoms with Crippen LogP contribution in [0.5, 0.6) is 0 Å². The largest absolute Gasteiger partial charge is 0.368 e. The molecule has 1 aromatic heterocycles. The molecule has 1 amide bonds. The number of amides is 1. The van der Waals surface area contributed by atoms with Crippen LogP contribution in [0, 0.1) is 5.82 Å². The van der Waals surface area contributed by atoms with Crippen molar-refractivity contribution in [2.24, 2.45) is 5.73 Å². The molecule has 0 saturated heterocycles. The molecule has 0 fully saturated rings. The van der Waals surface area contributed by atoms with Crippen LogP contribution in [0.1, 0.15) is 29.6 Å². The lowest BCUT2D eigenvalue weighted by molar-refractivity contribution is -0.117. The molecule has 2 aromatic carbocycles. The second-order valence-electron chi connectivity index (χ2n) is 6.60. The number of hydrogen-bond acceptors (Lipinski definition) is 5. The quantitative estimate of drug-likeness (QED) is 0.617. The summed E-state index contributed by atoms with van der Waals surface area (Å²) in [5, 5.41) is 8.56. The molecule has 0 aliphatic carbocycles. The monoisotopic (exact) mass is 399 g/mol. The van der Waals surface area contributed by atoms with E-state index in [1.54, 1.807) is 12.1 Å². The number of carbonyl (C=O) groups excluding carboxylic acids is 1. The third-order valence-corrected chi connectivity index (χ3v) is 5.69. The number of nitrogens with two attached hydrogens (primary N) is 1. The fourth-order valence-electron chi connectivity index (χ4n) is 2.72. The van der Waals surface area contributed by atoms with Gasteiger partial charge in [-0.2, -0.15) is 0 Å². The van der Waals surface area contributed by atoms with Gasteiger partial charge < -0.3 is 5.73 Å². The summed E-state index contributed by atoms with van der Waals surface area (Å²) in [6, 6.07) is 15.3. The van der Waals surface area contributed by atoms with E-state index in [-0.39, 0.29) is 11.9 Å². The van der Waals surface area contributed by atoms with Gasteiger partial charge in [0.1, 0.15) is 11.1 Å². The Bertz CT molecular complexity index is 943. The number of carbonyl (C=O) groups is 1. The zero-order chi connectivity index (χ0) is 20.3. The molecule has 0 aliphatic heterocycles. The van der Waals surface area contributed by atoms with Gasteiger partial charge in [0.2, 0.25) is 5.91 Å². The lowest BCUT2D eigenvalue weighted by Gasteiger charge is -2.21. The molecule has 1 heterocycles. The molecule has 28 heavy (non-hydrogen) atoms. The molecule has 3 aromatic rings. The lowest BCUT2D eigenvalue weighted by atomic mass is 10.1. The van der Waals surface area contributed by atoms with Crippen molar-refractivity contribution >= 4 is 17.7 Å². The molecule has 0 bridgehead atoms. The molecule has 6 nitrogen and oxygen atoms in total. The van der Waals surface area contributed by atoms with E-state index in [1.165, 1.54) is 23.9 Å². The SMILES string of the molecule is CC(c1nnc(SC(C(N)=O)c2ccccc2)n1-c1ccc(F)cc1)N(C)C. The van der Waals surface area contributed by atoms with Crippen LogP contribution in [-0.2, 0) is 4.79 Å². The van der Waals surface area contributed by atoms with Crippen LogP contribution in [-0.4, -0.2) is 39.7 Å². The Hall–Kier alpha value is -2.71. The van der Waals surface area contributed by atoms with E-state index < -0.39 is 11.2 Å². The van der Waals surface area contributed by atoms with Crippen molar-refractivity contribution in [3.8, 4) is 5.69 Å². The first-order chi connectivity index (χ1) is 13.4. The Morgan fingerprint density at radius 2 is 1.75 bits per heavy atom. The highest BCUT2D eigenvalue weighted by molar-refractivity contribution is 8.00. The molecule has 0 aliphatic rings. The summed E-state index contributed by atoms with van der Waals surface area (Å²) in [6.45, 7) is 2.00. The maximum atomic E-state index is 13.4. The first-order valence-corrected chi connectivity index (χ1v) is 9.65. The number of aromatic nitrogens is 3. The van der Waals surface area contributed by atoms with Gasteiger partial charge in [-0.05, 0) is 50.8 Å². The molecule has 3 rings (SSSR count). The summed E-state index contributed by atoms with van der Waals surface area (Å²) < 4.78 is 15.3. The standard InChI is InChI=1S/C20H22FN5OS/c1-13(25(2)3)19-23-24-20(26(19)16-11-9-15(21)10-12-16)28-17(18(22)27)14-7-5-4-6-8-14/h4-13,17H,1-3H3,(H2,22,27). The number of nitrogens with zero attached hydrogens (tertiary/aromatic N) is 4. The summed E-state index contributed by atoms with van der Waals surface area (Å²) in [6.07, 6.45) is 0. The van der Waals surface area contributed by atoms with Crippen LogP contribution in [0.4, 0.5) is 4.39 Å². The minimum absolute atomic E-state index is 0.0457. The summed E-state index contributed by atoms with van der Waals surface area (Å²) in [4.78, 5) is 14.1. The van der Waals surface area contributed by atoms with Crippen LogP contribution >= 0.6 is 11.8 Å². The van der Waals surface area contributed by atoms with E-state index in [1.807, 2.05) is 60.8 Å². The average molecular weight is 399 g/mol. The normalized spacial score (nSPS) is 13.5. The Labute approximate surface area is 167 Å². The fourth-order valence-corrected chi connectivity index (χ4v) is 3.73. The Kier molecular flexibility index (Phi) is 6.11. The number of rotatable bonds is 7. The van der Waals surface area contributed by atoms with Gasteiger partial charge in [0.15, 0.2) is 11.0 Å². The van der Waals surface area contributed by atoms with Crippen molar-refractivity contribution in [3.05, 3.63) is 71.8 Å². The van der Waals surface area contributed by atoms with Crippen molar-refractivity contribution in [2.75, 3.05) is 14.1 Å². The minimum Gasteiger partial charge on any atom is -0.368 e. The summed E-state index contributed by atoms with van der Waals surface area (Å²) >= 11 is 1.23. The van der Waals surface area contributed by atoms with E-state index in [0.717, 1.165) is 5.56 Å². The predicted molar refractivity (Wildman–Crippen MR) is 108 cm³/mol. The van der Waals surface area contributed by atoms with E-state index in [9.17, 15) is 9.18 Å². The number of benzene rings is 2. The molecule has 0 radical (unpaired) electrons. The lowest BCUT2D eigenvalue weighted by Crippen LogP contribution is -2.21. The highest BCUT2D eigenvalue weighted by atomic mass is 32.2. The number of halogens is 1. The zero-order valence-electron chi connectivity index (χ0n) is 15.9. The summed E-state index contributed by atoms with van der Waals surface area (Å²) in [5.41, 5.74) is 7.17. The molecular formula is C20H22FN5OS. The second kappa shape index (κ2) is 8.53. The number of primary amides is 1. The number of thioether (sulfide) groups is 1. The molecule has 0 saturated carbocycles. The van der Waals surface area contributed by atoms with Gasteiger partial charge in [-0.25, -0.2) is 4.39 Å². The van der Waals surface area contributed by atoms with Crippen LogP contribution in [0.15, 0.2) is 59.8 Å². The predicted octanol–water partition coefficient (Wildman–Crippen LogP) is 3.35. The van der Waals surface area contributed by atoms with E-state index in [2.05, 4.69) is 10.2 Å². The van der Waals surface area contributed by atoms with Crippen molar-refractivity contribution in [3.63, 3.8) is 0 Å². The Morgan fingerprint density at radius 1 is 1.11 bits per heavy atom. The summed E-state index contributed by atoms with van der Waals surface area (Å²) in [7, 11) is 3.88. The van der Waals surface area contributed by atoms with E-state index >= 15 is 0 Å². The van der Waals surface area contributed by atoms with Crippen molar-refractivity contribution in [1.82, 2.24) is 19.7 Å². The Balaban J connectivity index is 2.07. The fraction of sp³-hybridized carbons (Fsp3) is 0.250. The molecule has 146 valence electrons. The molecule has 8 heteroatoms. The van der Waals surface area contributed by atoms with Gasteiger partial charge in [0.25, 0.3) is 0 Å². The molecule has 0 spiro atoms. The minimum atomic E-state index is -0.618. The second-order valence-corrected chi connectivity index (χ2v) is 7.68. The van der Waals surface area contributed by atoms with E-state index in [4.69, 9.17) is 5.73 Å². The third-order valence-electron chi connectivity index (χ3n) is 4.48. The van der Waals surface area contributed by atoms with Crippen molar-refractivity contribution in [2.45, 2.75) is 23.4 Å². The van der Waals surface area contributed by atoms with E-state index in [0.29, 0.717) is 16.7 Å². The third kappa shape index (κ3) is 4.23. The van der Waals surface area contributed by atoms with Gasteiger partial charge in [0, 0.05) is 5.69 Å². The van der Waals surface area contributed by atoms with Crippen LogP contribution in [0.2, 0.25) is 0 Å². The zero-order valence-corrected chi connectivity index (χ0v) is 16.7. The van der Waals surface area contributed by atoms with Gasteiger partial charge in [-0.1, -0.05) is 42.1 Å². The topological polar surface area (TPSA) is 77.0 Å². The van der Waals surface area contributed by atoms with Crippen LogP contribution in [0.25, 0.3) is 5.69 Å². The molecule has 2 atom stereocenters. The molecule has 2 unspecified atom stereocenters. The Morgan fingerprint density at radius 3 is 2.32 bits per heavy atom. The van der Waals surface area contributed by atoms with Gasteiger partial charge in [0.05, 0.1) is 6.04 Å². The van der Waals surface area contributed by atoms with Crippen molar-refractivity contribution in [1.29, 1.82) is 0 Å². The first kappa shape index (κ1) is 20.0. The average Bonchev–Trinajstić information content (AvgIpc) is 3.10. The highest BCUT2D eigenvalue weighted by Gasteiger charge is 2.26. The van der Waals surface area contributed by atoms with Gasteiger partial charge in [-0.15, -0.1) is 10.2 Å². The maximum absolute atomic E-state index is 13.4. The van der Waals surface area contributed by atoms with Crippen LogP contribution < -0.4 is 5.73 Å². The smallest absolute Gasteiger partial charge is 0.235 e.